The predicted octanol–water partition coefficient (Wildman–Crippen LogP) is 6.45. The first-order valence-corrected chi connectivity index (χ1v) is 17.1. The van der Waals surface area contributed by atoms with Crippen LogP contribution in [0.4, 0.5) is 0 Å². The summed E-state index contributed by atoms with van der Waals surface area (Å²) in [6.07, 6.45) is 4.27. The highest BCUT2D eigenvalue weighted by Crippen LogP contribution is 2.49. The molecule has 0 saturated carbocycles. The number of alkyl halides is 1. The van der Waals surface area contributed by atoms with Gasteiger partial charge in [0.05, 0.1) is 17.7 Å². The van der Waals surface area contributed by atoms with Crippen molar-refractivity contribution in [2.45, 2.75) is 108 Å². The molecule has 0 radical (unpaired) electrons. The fourth-order valence-corrected chi connectivity index (χ4v) is 9.42. The zero-order valence-corrected chi connectivity index (χ0v) is 24.7. The first-order valence-electron chi connectivity index (χ1n) is 14.0. The molecule has 1 aromatic carbocycles. The maximum atomic E-state index is 7.27. The minimum atomic E-state index is -1.99. The van der Waals surface area contributed by atoms with Crippen LogP contribution < -0.4 is 0 Å². The molecule has 0 bridgehead atoms. The molecule has 0 unspecified atom stereocenters. The van der Waals surface area contributed by atoms with Gasteiger partial charge >= 0.3 is 0 Å². The van der Waals surface area contributed by atoms with Gasteiger partial charge in [0.2, 0.25) is 0 Å². The molecule has 7 nitrogen and oxygen atoms in total. The van der Waals surface area contributed by atoms with E-state index >= 15 is 0 Å². The maximum absolute atomic E-state index is 7.27. The van der Waals surface area contributed by atoms with Crippen molar-refractivity contribution in [3.63, 3.8) is 0 Å². The highest BCUT2D eigenvalue weighted by Gasteiger charge is 2.59. The Morgan fingerprint density at radius 3 is 2.45 bits per heavy atom. The van der Waals surface area contributed by atoms with Crippen LogP contribution in [0.5, 0.6) is 0 Å². The molecule has 2 aliphatic heterocycles. The molecule has 3 aromatic rings. The van der Waals surface area contributed by atoms with E-state index in [-0.39, 0.29) is 24.4 Å². The Bertz CT molecular complexity index is 1320. The number of fused-ring (bicyclic) bond motifs is 3. The van der Waals surface area contributed by atoms with E-state index in [0.717, 1.165) is 47.7 Å². The van der Waals surface area contributed by atoms with Crippen molar-refractivity contribution in [2.75, 3.05) is 0 Å². The van der Waals surface area contributed by atoms with Gasteiger partial charge in [-0.15, -0.1) is 11.6 Å². The van der Waals surface area contributed by atoms with E-state index in [4.69, 9.17) is 30.2 Å². The number of rotatable bonds is 9. The van der Waals surface area contributed by atoms with Crippen molar-refractivity contribution in [1.82, 2.24) is 14.5 Å². The third-order valence-corrected chi connectivity index (χ3v) is 13.8. The lowest BCUT2D eigenvalue weighted by atomic mass is 9.85. The van der Waals surface area contributed by atoms with Crippen LogP contribution in [-0.2, 0) is 37.4 Å². The number of halogens is 1. The van der Waals surface area contributed by atoms with Crippen LogP contribution in [0.15, 0.2) is 36.8 Å². The molecule has 5 atom stereocenters. The summed E-state index contributed by atoms with van der Waals surface area (Å²) in [5.74, 6) is -0.406. The van der Waals surface area contributed by atoms with E-state index in [1.165, 1.54) is 16.7 Å². The largest absolute Gasteiger partial charge is 0.407 e. The van der Waals surface area contributed by atoms with Gasteiger partial charge in [-0.3, -0.25) is 0 Å². The van der Waals surface area contributed by atoms with Gasteiger partial charge in [0.25, 0.3) is 0 Å². The molecule has 1 aliphatic carbocycles. The van der Waals surface area contributed by atoms with E-state index < -0.39 is 20.3 Å². The van der Waals surface area contributed by atoms with Crippen LogP contribution in [0.25, 0.3) is 11.0 Å². The number of aryl methyl sites for hydroxylation is 2. The second kappa shape index (κ2) is 9.98. The molecule has 2 aromatic heterocycles. The minimum Gasteiger partial charge on any atom is -0.407 e. The number of hydrogen-bond donors (Lipinski definition) is 0. The highest BCUT2D eigenvalue weighted by atomic mass is 35.5. The fraction of sp³-hybridized carbons (Fsp3) is 0.586. The summed E-state index contributed by atoms with van der Waals surface area (Å²) in [7, 11) is -1.99. The van der Waals surface area contributed by atoms with Crippen molar-refractivity contribution in [1.29, 1.82) is 0 Å². The average Bonchev–Trinajstić information content (AvgIpc) is 3.57. The topological polar surface area (TPSA) is 67.6 Å². The van der Waals surface area contributed by atoms with E-state index in [9.17, 15) is 0 Å². The van der Waals surface area contributed by atoms with Crippen molar-refractivity contribution >= 4 is 31.0 Å². The summed E-state index contributed by atoms with van der Waals surface area (Å²) in [6.45, 7) is 10.8. The minimum absolute atomic E-state index is 0.239. The third kappa shape index (κ3) is 4.34. The number of hydrogen-bond acceptors (Lipinski definition) is 6. The Kier molecular flexibility index (Phi) is 6.94. The summed E-state index contributed by atoms with van der Waals surface area (Å²) < 4.78 is 29.4. The van der Waals surface area contributed by atoms with E-state index in [1.807, 2.05) is 30.7 Å². The van der Waals surface area contributed by atoms with Crippen LogP contribution in [0.1, 0.15) is 69.3 Å². The first kappa shape index (κ1) is 26.4. The maximum Gasteiger partial charge on any atom is 0.193 e. The SMILES string of the molecule is CC[Si](CC)(CC)O[C@H](c1ccc2c(c1)CC2)[C@H]1O[C@@H](n2ccc3c(CCl)ncnc32)[C@@H]2OC(C)(C)O[C@@H]21. The van der Waals surface area contributed by atoms with Crippen LogP contribution in [0.2, 0.25) is 18.1 Å². The second-order valence-electron chi connectivity index (χ2n) is 11.3. The first-order chi connectivity index (χ1) is 18.3. The van der Waals surface area contributed by atoms with Gasteiger partial charge in [-0.25, -0.2) is 9.97 Å². The summed E-state index contributed by atoms with van der Waals surface area (Å²) in [4.78, 5) is 8.95. The van der Waals surface area contributed by atoms with Gasteiger partial charge in [0.15, 0.2) is 20.3 Å². The zero-order chi connectivity index (χ0) is 26.7. The molecule has 2 fully saturated rings. The predicted molar refractivity (Wildman–Crippen MR) is 150 cm³/mol. The van der Waals surface area contributed by atoms with E-state index in [2.05, 4.69) is 48.9 Å². The Balaban J connectivity index is 1.43. The molecular formula is C29H38ClN3O4Si. The monoisotopic (exact) mass is 555 g/mol. The fourth-order valence-electron chi connectivity index (χ4n) is 6.40. The van der Waals surface area contributed by atoms with Crippen molar-refractivity contribution < 1.29 is 18.6 Å². The van der Waals surface area contributed by atoms with E-state index in [1.54, 1.807) is 6.33 Å². The van der Waals surface area contributed by atoms with Gasteiger partial charge in [0, 0.05) is 11.6 Å². The van der Waals surface area contributed by atoms with Crippen molar-refractivity contribution in [2.24, 2.45) is 0 Å². The van der Waals surface area contributed by atoms with Gasteiger partial charge in [-0.1, -0.05) is 39.0 Å². The van der Waals surface area contributed by atoms with Gasteiger partial charge in [-0.05, 0) is 67.6 Å². The van der Waals surface area contributed by atoms with E-state index in [0.29, 0.717) is 5.88 Å². The molecule has 4 heterocycles. The lowest BCUT2D eigenvalue weighted by Crippen LogP contribution is -2.43. The Labute approximate surface area is 230 Å². The smallest absolute Gasteiger partial charge is 0.193 e. The van der Waals surface area contributed by atoms with Gasteiger partial charge in [0.1, 0.15) is 30.3 Å². The van der Waals surface area contributed by atoms with Crippen LogP contribution >= 0.6 is 11.6 Å². The van der Waals surface area contributed by atoms with Crippen LogP contribution in [-0.4, -0.2) is 47.0 Å². The molecule has 204 valence electrons. The molecule has 0 N–H and O–H groups in total. The molecule has 3 aliphatic rings. The normalized spacial score (nSPS) is 26.8. The number of nitrogens with zero attached hydrogens (tertiary/aromatic N) is 3. The summed E-state index contributed by atoms with van der Waals surface area (Å²) in [5, 5.41) is 0.925. The average molecular weight is 556 g/mol. The molecule has 0 spiro atoms. The highest BCUT2D eigenvalue weighted by molar-refractivity contribution is 6.73. The lowest BCUT2D eigenvalue weighted by Gasteiger charge is -2.38. The van der Waals surface area contributed by atoms with Crippen molar-refractivity contribution in [3.8, 4) is 0 Å². The number of ether oxygens (including phenoxy) is 3. The number of aromatic nitrogens is 3. The molecule has 38 heavy (non-hydrogen) atoms. The Morgan fingerprint density at radius 1 is 1.05 bits per heavy atom. The standard InChI is InChI=1S/C29H38ClN3O4Si/c1-6-38(7-2,8-3)37-23(20-12-10-18-9-11-19(18)15-20)24-25-26(36-29(4,5)35-25)28(34-24)33-14-13-21-22(16-30)31-17-32-27(21)33/h10,12-15,17,23-26,28H,6-9,11,16H2,1-5H3/t23-,24-,25-,26-,28-/m1/s1. The number of benzene rings is 1. The second-order valence-corrected chi connectivity index (χ2v) is 16.3. The molecule has 6 rings (SSSR count). The summed E-state index contributed by atoms with van der Waals surface area (Å²) in [5.41, 5.74) is 5.63. The molecular weight excluding hydrogens is 518 g/mol. The summed E-state index contributed by atoms with van der Waals surface area (Å²) >= 11 is 6.18. The molecule has 9 heteroatoms. The molecule has 2 saturated heterocycles. The quantitative estimate of drug-likeness (QED) is 0.223. The molecule has 0 amide bonds. The van der Waals surface area contributed by atoms with Crippen LogP contribution in [0, 0.1) is 0 Å². The van der Waals surface area contributed by atoms with Gasteiger partial charge < -0.3 is 23.2 Å². The third-order valence-electron chi connectivity index (χ3n) is 8.89. The van der Waals surface area contributed by atoms with Crippen molar-refractivity contribution in [3.05, 3.63) is 59.2 Å². The van der Waals surface area contributed by atoms with Gasteiger partial charge in [-0.2, -0.15) is 0 Å². The zero-order valence-electron chi connectivity index (χ0n) is 22.9. The Morgan fingerprint density at radius 2 is 1.79 bits per heavy atom. The lowest BCUT2D eigenvalue weighted by molar-refractivity contribution is -0.206. The summed E-state index contributed by atoms with van der Waals surface area (Å²) in [6, 6.07) is 12.0. The van der Waals surface area contributed by atoms with Crippen LogP contribution in [0.3, 0.4) is 0 Å². The Hall–Kier alpha value is -1.81.